The predicted molar refractivity (Wildman–Crippen MR) is 77.4 cm³/mol. The monoisotopic (exact) mass is 359 g/mol. The standard InChI is InChI=1S/C12H14BrN3O3S/c1-14-7-9-2-3-11(13)12(6-9)20(17,18)15-8-10-4-5-19-16-10/h2-6,14-15H,7-8H2,1H3. The highest BCUT2D eigenvalue weighted by Crippen LogP contribution is 2.23. The molecule has 0 radical (unpaired) electrons. The van der Waals surface area contributed by atoms with Gasteiger partial charge in [-0.1, -0.05) is 11.2 Å². The molecule has 0 aliphatic carbocycles. The van der Waals surface area contributed by atoms with Gasteiger partial charge < -0.3 is 9.84 Å². The maximum absolute atomic E-state index is 12.3. The van der Waals surface area contributed by atoms with E-state index in [0.29, 0.717) is 16.7 Å². The largest absolute Gasteiger partial charge is 0.364 e. The lowest BCUT2D eigenvalue weighted by molar-refractivity contribution is 0.411. The van der Waals surface area contributed by atoms with Crippen LogP contribution in [0, 0.1) is 0 Å². The van der Waals surface area contributed by atoms with Gasteiger partial charge in [-0.15, -0.1) is 0 Å². The van der Waals surface area contributed by atoms with E-state index in [1.54, 1.807) is 25.2 Å². The number of benzene rings is 1. The second-order valence-corrected chi connectivity index (χ2v) is 6.70. The molecule has 1 aromatic carbocycles. The van der Waals surface area contributed by atoms with Crippen molar-refractivity contribution in [1.82, 2.24) is 15.2 Å². The van der Waals surface area contributed by atoms with Crippen LogP contribution in [0.3, 0.4) is 0 Å². The summed E-state index contributed by atoms with van der Waals surface area (Å²) in [6.45, 7) is 0.681. The predicted octanol–water partition coefficient (Wildman–Crippen LogP) is 1.64. The van der Waals surface area contributed by atoms with E-state index in [9.17, 15) is 8.42 Å². The molecule has 2 rings (SSSR count). The molecule has 0 saturated heterocycles. The summed E-state index contributed by atoms with van der Waals surface area (Å²) in [4.78, 5) is 0.203. The summed E-state index contributed by atoms with van der Waals surface area (Å²) in [5.74, 6) is 0. The molecule has 0 bridgehead atoms. The third kappa shape index (κ3) is 3.66. The summed E-state index contributed by atoms with van der Waals surface area (Å²) in [6, 6.07) is 6.81. The van der Waals surface area contributed by atoms with Gasteiger partial charge in [0.15, 0.2) is 0 Å². The highest BCUT2D eigenvalue weighted by atomic mass is 79.9. The Morgan fingerprint density at radius 2 is 2.10 bits per heavy atom. The zero-order valence-electron chi connectivity index (χ0n) is 10.8. The average molecular weight is 360 g/mol. The third-order valence-electron chi connectivity index (χ3n) is 2.60. The van der Waals surface area contributed by atoms with Crippen molar-refractivity contribution in [2.24, 2.45) is 0 Å². The van der Waals surface area contributed by atoms with Crippen LogP contribution < -0.4 is 10.0 Å². The molecule has 0 amide bonds. The Balaban J connectivity index is 2.21. The summed E-state index contributed by atoms with van der Waals surface area (Å²) < 4.78 is 32.2. The van der Waals surface area contributed by atoms with Crippen LogP contribution >= 0.6 is 15.9 Å². The number of sulfonamides is 1. The van der Waals surface area contributed by atoms with E-state index in [1.807, 2.05) is 6.07 Å². The Kier molecular flexibility index (Phi) is 4.92. The number of nitrogens with one attached hydrogen (secondary N) is 2. The molecular formula is C12H14BrN3O3S. The first-order chi connectivity index (χ1) is 9.53. The highest BCUT2D eigenvalue weighted by molar-refractivity contribution is 9.10. The van der Waals surface area contributed by atoms with Crippen molar-refractivity contribution < 1.29 is 12.9 Å². The molecule has 0 saturated carbocycles. The maximum Gasteiger partial charge on any atom is 0.242 e. The molecule has 0 spiro atoms. The number of nitrogens with zero attached hydrogens (tertiary/aromatic N) is 1. The number of hydrogen-bond donors (Lipinski definition) is 2. The van der Waals surface area contributed by atoms with Crippen molar-refractivity contribution in [2.75, 3.05) is 7.05 Å². The van der Waals surface area contributed by atoms with Gasteiger partial charge in [-0.3, -0.25) is 0 Å². The Bertz CT molecular complexity index is 671. The second kappa shape index (κ2) is 6.49. The van der Waals surface area contributed by atoms with Crippen LogP contribution in [-0.4, -0.2) is 20.6 Å². The zero-order chi connectivity index (χ0) is 14.6. The van der Waals surface area contributed by atoms with Gasteiger partial charge in [-0.2, -0.15) is 0 Å². The van der Waals surface area contributed by atoms with Crippen LogP contribution in [0.25, 0.3) is 0 Å². The van der Waals surface area contributed by atoms with Crippen LogP contribution in [0.15, 0.2) is 44.4 Å². The Labute approximate surface area is 125 Å². The molecule has 108 valence electrons. The molecule has 6 nitrogen and oxygen atoms in total. The maximum atomic E-state index is 12.3. The van der Waals surface area contributed by atoms with E-state index >= 15 is 0 Å². The van der Waals surface area contributed by atoms with Crippen molar-refractivity contribution in [3.05, 3.63) is 46.3 Å². The fourth-order valence-corrected chi connectivity index (χ4v) is 3.65. The van der Waals surface area contributed by atoms with Gasteiger partial charge in [-0.25, -0.2) is 13.1 Å². The van der Waals surface area contributed by atoms with Gasteiger partial charge in [0.05, 0.1) is 17.1 Å². The van der Waals surface area contributed by atoms with Gasteiger partial charge >= 0.3 is 0 Å². The van der Waals surface area contributed by atoms with Crippen LogP contribution in [0.4, 0.5) is 0 Å². The van der Waals surface area contributed by atoms with E-state index < -0.39 is 10.0 Å². The molecule has 1 heterocycles. The summed E-state index contributed by atoms with van der Waals surface area (Å²) in [6.07, 6.45) is 1.40. The second-order valence-electron chi connectivity index (χ2n) is 4.11. The van der Waals surface area contributed by atoms with Gasteiger partial charge in [0.25, 0.3) is 0 Å². The quantitative estimate of drug-likeness (QED) is 0.818. The fourth-order valence-electron chi connectivity index (χ4n) is 1.64. The molecule has 0 aliphatic heterocycles. The minimum Gasteiger partial charge on any atom is -0.364 e. The van der Waals surface area contributed by atoms with E-state index in [4.69, 9.17) is 0 Å². The van der Waals surface area contributed by atoms with Crippen LogP contribution in [0.5, 0.6) is 0 Å². The van der Waals surface area contributed by atoms with E-state index in [1.165, 1.54) is 6.26 Å². The first-order valence-electron chi connectivity index (χ1n) is 5.85. The molecule has 0 unspecified atom stereocenters. The highest BCUT2D eigenvalue weighted by Gasteiger charge is 2.18. The number of halogens is 1. The van der Waals surface area contributed by atoms with Crippen LogP contribution in [0.1, 0.15) is 11.3 Å². The molecule has 8 heteroatoms. The molecule has 2 N–H and O–H groups in total. The van der Waals surface area contributed by atoms with Crippen molar-refractivity contribution in [1.29, 1.82) is 0 Å². The molecule has 0 atom stereocenters. The molecular weight excluding hydrogens is 346 g/mol. The normalized spacial score (nSPS) is 11.7. The lowest BCUT2D eigenvalue weighted by Gasteiger charge is -2.09. The van der Waals surface area contributed by atoms with E-state index in [-0.39, 0.29) is 11.4 Å². The van der Waals surface area contributed by atoms with Gasteiger partial charge in [0.2, 0.25) is 10.0 Å². The lowest BCUT2D eigenvalue weighted by Crippen LogP contribution is -2.24. The smallest absolute Gasteiger partial charge is 0.242 e. The topological polar surface area (TPSA) is 84.2 Å². The van der Waals surface area contributed by atoms with Crippen molar-refractivity contribution in [3.63, 3.8) is 0 Å². The number of aromatic nitrogens is 1. The molecule has 20 heavy (non-hydrogen) atoms. The van der Waals surface area contributed by atoms with Crippen molar-refractivity contribution in [3.8, 4) is 0 Å². The van der Waals surface area contributed by atoms with E-state index in [2.05, 4.69) is 35.6 Å². The number of rotatable bonds is 6. The fraction of sp³-hybridized carbons (Fsp3) is 0.250. The van der Waals surface area contributed by atoms with E-state index in [0.717, 1.165) is 5.56 Å². The zero-order valence-corrected chi connectivity index (χ0v) is 13.2. The Morgan fingerprint density at radius 1 is 1.30 bits per heavy atom. The minimum absolute atomic E-state index is 0.0848. The molecule has 0 fully saturated rings. The van der Waals surface area contributed by atoms with Crippen LogP contribution in [0.2, 0.25) is 0 Å². The minimum atomic E-state index is -3.61. The summed E-state index contributed by atoms with van der Waals surface area (Å²) in [5.41, 5.74) is 1.41. The summed E-state index contributed by atoms with van der Waals surface area (Å²) in [7, 11) is -1.81. The SMILES string of the molecule is CNCc1ccc(Br)c(S(=O)(=O)NCc2ccon2)c1. The molecule has 2 aromatic rings. The van der Waals surface area contributed by atoms with Crippen molar-refractivity contribution >= 4 is 26.0 Å². The molecule has 1 aromatic heterocycles. The first kappa shape index (κ1) is 15.2. The summed E-state index contributed by atoms with van der Waals surface area (Å²) in [5, 5.41) is 6.64. The third-order valence-corrected chi connectivity index (χ3v) is 5.00. The molecule has 0 aliphatic rings. The van der Waals surface area contributed by atoms with Gasteiger partial charge in [0.1, 0.15) is 6.26 Å². The van der Waals surface area contributed by atoms with Crippen molar-refractivity contribution in [2.45, 2.75) is 18.0 Å². The van der Waals surface area contributed by atoms with Gasteiger partial charge in [0, 0.05) is 17.1 Å². The van der Waals surface area contributed by atoms with Crippen LogP contribution in [-0.2, 0) is 23.1 Å². The van der Waals surface area contributed by atoms with Gasteiger partial charge in [-0.05, 0) is 40.7 Å². The lowest BCUT2D eigenvalue weighted by atomic mass is 10.2. The Morgan fingerprint density at radius 3 is 2.75 bits per heavy atom. The summed E-state index contributed by atoms with van der Waals surface area (Å²) >= 11 is 3.26. The number of hydrogen-bond acceptors (Lipinski definition) is 5. The first-order valence-corrected chi connectivity index (χ1v) is 8.12. The average Bonchev–Trinajstić information content (AvgIpc) is 2.92. The Hall–Kier alpha value is -1.22.